The molecule has 2 aliphatic rings. The summed E-state index contributed by atoms with van der Waals surface area (Å²) < 4.78 is 5.20. The van der Waals surface area contributed by atoms with Crippen LogP contribution in [0.3, 0.4) is 0 Å². The highest BCUT2D eigenvalue weighted by atomic mass is 16.5. The standard InChI is InChI=1S/C13H23N3O3/c1-10(13(18)16-6-8-19-9-7-16)15-12(17)4-5-14-11-2-3-11/h10-11,14H,2-9H2,1H3,(H,15,17). The zero-order valence-corrected chi connectivity index (χ0v) is 11.5. The maximum Gasteiger partial charge on any atom is 0.245 e. The van der Waals surface area contributed by atoms with Crippen molar-refractivity contribution in [3.05, 3.63) is 0 Å². The van der Waals surface area contributed by atoms with E-state index in [1.807, 2.05) is 0 Å². The summed E-state index contributed by atoms with van der Waals surface area (Å²) in [4.78, 5) is 25.5. The van der Waals surface area contributed by atoms with E-state index >= 15 is 0 Å². The van der Waals surface area contributed by atoms with Crippen LogP contribution in [0.5, 0.6) is 0 Å². The van der Waals surface area contributed by atoms with E-state index in [2.05, 4.69) is 10.6 Å². The highest BCUT2D eigenvalue weighted by Crippen LogP contribution is 2.18. The molecular weight excluding hydrogens is 246 g/mol. The van der Waals surface area contributed by atoms with Crippen molar-refractivity contribution in [2.75, 3.05) is 32.8 Å². The second-order valence-electron chi connectivity index (χ2n) is 5.21. The SMILES string of the molecule is CC(NC(=O)CCNC1CC1)C(=O)N1CCOCC1. The van der Waals surface area contributed by atoms with Gasteiger partial charge in [-0.1, -0.05) is 0 Å². The Bertz CT molecular complexity index is 325. The fourth-order valence-corrected chi connectivity index (χ4v) is 2.11. The van der Waals surface area contributed by atoms with E-state index in [1.54, 1.807) is 11.8 Å². The Hall–Kier alpha value is -1.14. The number of ether oxygens (including phenoxy) is 1. The third-order valence-electron chi connectivity index (χ3n) is 3.43. The van der Waals surface area contributed by atoms with Gasteiger partial charge in [0, 0.05) is 32.1 Å². The molecule has 1 saturated carbocycles. The third-order valence-corrected chi connectivity index (χ3v) is 3.43. The molecule has 1 heterocycles. The monoisotopic (exact) mass is 269 g/mol. The van der Waals surface area contributed by atoms with Crippen molar-refractivity contribution in [1.29, 1.82) is 0 Å². The molecular formula is C13H23N3O3. The van der Waals surface area contributed by atoms with Crippen LogP contribution in [0.2, 0.25) is 0 Å². The van der Waals surface area contributed by atoms with Gasteiger partial charge < -0.3 is 20.3 Å². The van der Waals surface area contributed by atoms with Gasteiger partial charge in [0.2, 0.25) is 11.8 Å². The van der Waals surface area contributed by atoms with Gasteiger partial charge in [-0.25, -0.2) is 0 Å². The number of nitrogens with zero attached hydrogens (tertiary/aromatic N) is 1. The lowest BCUT2D eigenvalue weighted by Crippen LogP contribution is -2.50. The van der Waals surface area contributed by atoms with Crippen LogP contribution in [0.1, 0.15) is 26.2 Å². The number of nitrogens with one attached hydrogen (secondary N) is 2. The number of hydrogen-bond acceptors (Lipinski definition) is 4. The Morgan fingerprint density at radius 2 is 2.00 bits per heavy atom. The molecule has 6 heteroatoms. The lowest BCUT2D eigenvalue weighted by molar-refractivity contribution is -0.139. The fourth-order valence-electron chi connectivity index (χ4n) is 2.11. The maximum atomic E-state index is 12.1. The number of carbonyl (C=O) groups excluding carboxylic acids is 2. The summed E-state index contributed by atoms with van der Waals surface area (Å²) >= 11 is 0. The van der Waals surface area contributed by atoms with Gasteiger partial charge in [-0.3, -0.25) is 9.59 Å². The van der Waals surface area contributed by atoms with Crippen LogP contribution < -0.4 is 10.6 Å². The molecule has 0 aromatic carbocycles. The first kappa shape index (κ1) is 14.3. The van der Waals surface area contributed by atoms with Gasteiger partial charge >= 0.3 is 0 Å². The molecule has 108 valence electrons. The largest absolute Gasteiger partial charge is 0.378 e. The minimum absolute atomic E-state index is 0.0215. The van der Waals surface area contributed by atoms with Gasteiger partial charge in [-0.2, -0.15) is 0 Å². The average molecular weight is 269 g/mol. The summed E-state index contributed by atoms with van der Waals surface area (Å²) in [6.45, 7) is 4.82. The summed E-state index contributed by atoms with van der Waals surface area (Å²) in [7, 11) is 0. The second kappa shape index (κ2) is 6.86. The Kier molecular flexibility index (Phi) is 5.15. The number of morpholine rings is 1. The van der Waals surface area contributed by atoms with Crippen LogP contribution in [0.25, 0.3) is 0 Å². The molecule has 0 bridgehead atoms. The number of hydrogen-bond donors (Lipinski definition) is 2. The van der Waals surface area contributed by atoms with Gasteiger partial charge in [-0.05, 0) is 19.8 Å². The van der Waals surface area contributed by atoms with Crippen molar-refractivity contribution in [2.24, 2.45) is 0 Å². The summed E-state index contributed by atoms with van der Waals surface area (Å²) in [5.74, 6) is -0.0888. The van der Waals surface area contributed by atoms with E-state index in [9.17, 15) is 9.59 Å². The van der Waals surface area contributed by atoms with Crippen molar-refractivity contribution in [3.63, 3.8) is 0 Å². The molecule has 2 rings (SSSR count). The van der Waals surface area contributed by atoms with Crippen molar-refractivity contribution in [2.45, 2.75) is 38.3 Å². The molecule has 2 fully saturated rings. The van der Waals surface area contributed by atoms with Crippen molar-refractivity contribution in [1.82, 2.24) is 15.5 Å². The van der Waals surface area contributed by atoms with Crippen molar-refractivity contribution in [3.8, 4) is 0 Å². The maximum absolute atomic E-state index is 12.1. The molecule has 1 aliphatic heterocycles. The molecule has 6 nitrogen and oxygen atoms in total. The average Bonchev–Trinajstić information content (AvgIpc) is 3.23. The first-order chi connectivity index (χ1) is 9.16. The topological polar surface area (TPSA) is 70.7 Å². The van der Waals surface area contributed by atoms with Crippen LogP contribution in [-0.2, 0) is 14.3 Å². The second-order valence-corrected chi connectivity index (χ2v) is 5.21. The highest BCUT2D eigenvalue weighted by Gasteiger charge is 2.24. The smallest absolute Gasteiger partial charge is 0.245 e. The molecule has 0 aromatic heterocycles. The quantitative estimate of drug-likeness (QED) is 0.681. The molecule has 0 spiro atoms. The zero-order chi connectivity index (χ0) is 13.7. The van der Waals surface area contributed by atoms with Crippen LogP contribution in [0.15, 0.2) is 0 Å². The Morgan fingerprint density at radius 3 is 2.63 bits per heavy atom. The number of rotatable bonds is 6. The minimum atomic E-state index is -0.452. The predicted molar refractivity (Wildman–Crippen MR) is 70.6 cm³/mol. The summed E-state index contributed by atoms with van der Waals surface area (Å²) in [6.07, 6.45) is 2.86. The molecule has 1 aliphatic carbocycles. The van der Waals surface area contributed by atoms with Crippen LogP contribution >= 0.6 is 0 Å². The normalized spacial score (nSPS) is 21.0. The Labute approximate surface area is 113 Å². The summed E-state index contributed by atoms with van der Waals surface area (Å²) in [5.41, 5.74) is 0. The minimum Gasteiger partial charge on any atom is -0.378 e. The summed E-state index contributed by atoms with van der Waals surface area (Å²) in [5, 5.41) is 6.04. The third kappa shape index (κ3) is 4.80. The molecule has 2 N–H and O–H groups in total. The van der Waals surface area contributed by atoms with E-state index in [1.165, 1.54) is 12.8 Å². The van der Waals surface area contributed by atoms with E-state index in [0.29, 0.717) is 45.3 Å². The first-order valence-electron chi connectivity index (χ1n) is 7.06. The van der Waals surface area contributed by atoms with E-state index < -0.39 is 6.04 Å². The zero-order valence-electron chi connectivity index (χ0n) is 11.5. The molecule has 0 radical (unpaired) electrons. The fraction of sp³-hybridized carbons (Fsp3) is 0.846. The Morgan fingerprint density at radius 1 is 1.32 bits per heavy atom. The van der Waals surface area contributed by atoms with Gasteiger partial charge in [0.25, 0.3) is 0 Å². The van der Waals surface area contributed by atoms with Gasteiger partial charge in [0.05, 0.1) is 13.2 Å². The van der Waals surface area contributed by atoms with Gasteiger partial charge in [0.1, 0.15) is 6.04 Å². The van der Waals surface area contributed by atoms with Crippen LogP contribution in [0, 0.1) is 0 Å². The van der Waals surface area contributed by atoms with Gasteiger partial charge in [-0.15, -0.1) is 0 Å². The van der Waals surface area contributed by atoms with Crippen molar-refractivity contribution < 1.29 is 14.3 Å². The lowest BCUT2D eigenvalue weighted by Gasteiger charge is -2.29. The predicted octanol–water partition coefficient (Wildman–Crippen LogP) is -0.508. The molecule has 19 heavy (non-hydrogen) atoms. The molecule has 1 saturated heterocycles. The molecule has 1 atom stereocenters. The van der Waals surface area contributed by atoms with E-state index in [-0.39, 0.29) is 11.8 Å². The number of carbonyl (C=O) groups is 2. The highest BCUT2D eigenvalue weighted by molar-refractivity contribution is 5.87. The van der Waals surface area contributed by atoms with E-state index in [0.717, 1.165) is 0 Å². The molecule has 1 unspecified atom stereocenters. The first-order valence-corrected chi connectivity index (χ1v) is 7.06. The van der Waals surface area contributed by atoms with Crippen LogP contribution in [0.4, 0.5) is 0 Å². The van der Waals surface area contributed by atoms with Gasteiger partial charge in [0.15, 0.2) is 0 Å². The molecule has 2 amide bonds. The van der Waals surface area contributed by atoms with E-state index in [4.69, 9.17) is 4.74 Å². The molecule has 0 aromatic rings. The summed E-state index contributed by atoms with van der Waals surface area (Å²) in [6, 6.07) is 0.159. The lowest BCUT2D eigenvalue weighted by atomic mass is 10.2. The van der Waals surface area contributed by atoms with Crippen LogP contribution in [-0.4, -0.2) is 61.6 Å². The Balaban J connectivity index is 1.64. The number of amides is 2. The van der Waals surface area contributed by atoms with Crippen molar-refractivity contribution >= 4 is 11.8 Å².